The van der Waals surface area contributed by atoms with Gasteiger partial charge in [-0.1, -0.05) is 26.3 Å². The second-order valence-electron chi connectivity index (χ2n) is 9.12. The van der Waals surface area contributed by atoms with Crippen LogP contribution in [0.5, 0.6) is 5.75 Å². The summed E-state index contributed by atoms with van der Waals surface area (Å²) in [4.78, 5) is 39.6. The predicted octanol–water partition coefficient (Wildman–Crippen LogP) is 2.98. The molecule has 0 aliphatic heterocycles. The van der Waals surface area contributed by atoms with E-state index in [1.54, 1.807) is 6.20 Å². The van der Waals surface area contributed by atoms with E-state index in [-0.39, 0.29) is 30.3 Å². The van der Waals surface area contributed by atoms with Crippen molar-refractivity contribution in [1.29, 1.82) is 0 Å². The van der Waals surface area contributed by atoms with Gasteiger partial charge in [0.2, 0.25) is 0 Å². The van der Waals surface area contributed by atoms with Crippen LogP contribution in [0.2, 0.25) is 0 Å². The van der Waals surface area contributed by atoms with Gasteiger partial charge in [-0.3, -0.25) is 18.9 Å². The van der Waals surface area contributed by atoms with Crippen molar-refractivity contribution in [3.8, 4) is 5.75 Å². The number of aromatic nitrogens is 5. The third kappa shape index (κ3) is 5.40. The SMILES string of the molecule is CC(C)Cn1c(=O)n(C)c(=O)c2nc(CCCCCO)c(COc3ccc4cccnc4c3)nc21. The van der Waals surface area contributed by atoms with Gasteiger partial charge in [0.1, 0.15) is 18.1 Å². The minimum atomic E-state index is -0.456. The van der Waals surface area contributed by atoms with Crippen molar-refractivity contribution in [2.45, 2.75) is 52.7 Å². The molecule has 0 bridgehead atoms. The second-order valence-corrected chi connectivity index (χ2v) is 9.12. The van der Waals surface area contributed by atoms with Crippen LogP contribution in [-0.4, -0.2) is 35.8 Å². The summed E-state index contributed by atoms with van der Waals surface area (Å²) in [5, 5.41) is 10.1. The first-order valence-electron chi connectivity index (χ1n) is 12.0. The number of aryl methyl sites for hydroxylation is 1. The van der Waals surface area contributed by atoms with Crippen LogP contribution in [0.4, 0.5) is 0 Å². The Morgan fingerprint density at radius 1 is 1.06 bits per heavy atom. The number of fused-ring (bicyclic) bond motifs is 2. The Morgan fingerprint density at radius 3 is 2.66 bits per heavy atom. The van der Waals surface area contributed by atoms with Crippen LogP contribution in [0.3, 0.4) is 0 Å². The lowest BCUT2D eigenvalue weighted by Gasteiger charge is -2.16. The third-order valence-electron chi connectivity index (χ3n) is 5.89. The molecule has 0 spiro atoms. The van der Waals surface area contributed by atoms with Gasteiger partial charge in [0.25, 0.3) is 5.56 Å². The number of aliphatic hydroxyl groups excluding tert-OH is 1. The average molecular weight is 478 g/mol. The largest absolute Gasteiger partial charge is 0.487 e. The van der Waals surface area contributed by atoms with Crippen molar-refractivity contribution >= 4 is 22.1 Å². The van der Waals surface area contributed by atoms with Gasteiger partial charge in [-0.05, 0) is 43.4 Å². The number of rotatable bonds is 10. The van der Waals surface area contributed by atoms with Gasteiger partial charge < -0.3 is 9.84 Å². The fourth-order valence-corrected chi connectivity index (χ4v) is 4.06. The summed E-state index contributed by atoms with van der Waals surface area (Å²) >= 11 is 0. The monoisotopic (exact) mass is 477 g/mol. The van der Waals surface area contributed by atoms with Gasteiger partial charge in [-0.15, -0.1) is 0 Å². The van der Waals surface area contributed by atoms with Crippen LogP contribution < -0.4 is 16.0 Å². The molecular formula is C26H31N5O4. The van der Waals surface area contributed by atoms with E-state index >= 15 is 0 Å². The Balaban J connectivity index is 1.76. The molecule has 3 heterocycles. The molecular weight excluding hydrogens is 446 g/mol. The van der Waals surface area contributed by atoms with E-state index < -0.39 is 11.2 Å². The molecule has 0 radical (unpaired) electrons. The van der Waals surface area contributed by atoms with Gasteiger partial charge in [0.05, 0.1) is 11.2 Å². The van der Waals surface area contributed by atoms with E-state index in [4.69, 9.17) is 19.8 Å². The van der Waals surface area contributed by atoms with Gasteiger partial charge in [0, 0.05) is 37.8 Å². The molecule has 0 amide bonds. The first-order chi connectivity index (χ1) is 16.9. The highest BCUT2D eigenvalue weighted by Gasteiger charge is 2.18. The van der Waals surface area contributed by atoms with Gasteiger partial charge in [-0.2, -0.15) is 0 Å². The van der Waals surface area contributed by atoms with E-state index in [1.807, 2.05) is 44.2 Å². The Labute approximate surface area is 203 Å². The molecule has 9 nitrogen and oxygen atoms in total. The van der Waals surface area contributed by atoms with E-state index in [0.717, 1.165) is 28.3 Å². The zero-order valence-electron chi connectivity index (χ0n) is 20.4. The number of hydrogen-bond acceptors (Lipinski definition) is 7. The predicted molar refractivity (Wildman–Crippen MR) is 135 cm³/mol. The number of aliphatic hydroxyl groups is 1. The van der Waals surface area contributed by atoms with Crippen LogP contribution >= 0.6 is 0 Å². The summed E-state index contributed by atoms with van der Waals surface area (Å²) in [6.07, 6.45) is 4.65. The Kier molecular flexibility index (Phi) is 7.55. The molecule has 0 atom stereocenters. The molecule has 4 aromatic rings. The summed E-state index contributed by atoms with van der Waals surface area (Å²) in [5.41, 5.74) is 1.69. The maximum Gasteiger partial charge on any atom is 0.332 e. The molecule has 0 fully saturated rings. The van der Waals surface area contributed by atoms with E-state index in [9.17, 15) is 9.59 Å². The minimum Gasteiger partial charge on any atom is -0.487 e. The molecule has 1 aromatic carbocycles. The zero-order valence-corrected chi connectivity index (χ0v) is 20.4. The van der Waals surface area contributed by atoms with Crippen LogP contribution in [0.15, 0.2) is 46.1 Å². The lowest BCUT2D eigenvalue weighted by atomic mass is 10.1. The third-order valence-corrected chi connectivity index (χ3v) is 5.89. The second kappa shape index (κ2) is 10.8. The summed E-state index contributed by atoms with van der Waals surface area (Å²) in [6, 6.07) is 9.57. The fraction of sp³-hybridized carbons (Fsp3) is 0.423. The zero-order chi connectivity index (χ0) is 24.9. The van der Waals surface area contributed by atoms with Gasteiger partial charge in [0.15, 0.2) is 11.2 Å². The van der Waals surface area contributed by atoms with Crippen LogP contribution in [0.25, 0.3) is 22.1 Å². The number of nitrogens with zero attached hydrogens (tertiary/aromatic N) is 5. The summed E-state index contributed by atoms with van der Waals surface area (Å²) in [7, 11) is 1.47. The number of unbranched alkanes of at least 4 members (excludes halogenated alkanes) is 2. The number of pyridine rings is 1. The first-order valence-corrected chi connectivity index (χ1v) is 12.0. The number of benzene rings is 1. The first kappa shape index (κ1) is 24.5. The Hall–Kier alpha value is -3.59. The van der Waals surface area contributed by atoms with Crippen molar-refractivity contribution in [2.75, 3.05) is 6.61 Å². The standard InChI is InChI=1S/C26H31N5O4/c1-17(2)15-31-24-23(25(33)30(3)26(31)34)28-20(9-5-4-6-13-32)22(29-24)16-35-19-11-10-18-8-7-12-27-21(18)14-19/h7-8,10-12,14,17,32H,4-6,9,13,15-16H2,1-3H3. The van der Waals surface area contributed by atoms with Gasteiger partial charge in [-0.25, -0.2) is 14.8 Å². The van der Waals surface area contributed by atoms with Gasteiger partial charge >= 0.3 is 5.69 Å². The quantitative estimate of drug-likeness (QED) is 0.350. The highest BCUT2D eigenvalue weighted by molar-refractivity contribution is 5.79. The minimum absolute atomic E-state index is 0.136. The molecule has 184 valence electrons. The molecule has 0 unspecified atom stereocenters. The maximum atomic E-state index is 12.9. The number of ether oxygens (including phenoxy) is 1. The van der Waals surface area contributed by atoms with Crippen molar-refractivity contribution in [3.05, 3.63) is 68.8 Å². The lowest BCUT2D eigenvalue weighted by molar-refractivity contribution is 0.282. The smallest absolute Gasteiger partial charge is 0.332 e. The van der Waals surface area contributed by atoms with E-state index in [0.29, 0.717) is 36.5 Å². The molecule has 0 saturated carbocycles. The summed E-state index contributed by atoms with van der Waals surface area (Å²) in [5.74, 6) is 0.825. The topological polar surface area (TPSA) is 112 Å². The average Bonchev–Trinajstić information content (AvgIpc) is 2.86. The molecule has 1 N–H and O–H groups in total. The summed E-state index contributed by atoms with van der Waals surface area (Å²) < 4.78 is 8.68. The lowest BCUT2D eigenvalue weighted by Crippen LogP contribution is -2.40. The highest BCUT2D eigenvalue weighted by Crippen LogP contribution is 2.21. The molecule has 0 aliphatic carbocycles. The fourth-order valence-electron chi connectivity index (χ4n) is 4.06. The molecule has 9 heteroatoms. The van der Waals surface area contributed by atoms with Crippen molar-refractivity contribution in [1.82, 2.24) is 24.1 Å². The van der Waals surface area contributed by atoms with E-state index in [2.05, 4.69) is 4.98 Å². The van der Waals surface area contributed by atoms with Crippen molar-refractivity contribution < 1.29 is 9.84 Å². The molecule has 35 heavy (non-hydrogen) atoms. The highest BCUT2D eigenvalue weighted by atomic mass is 16.5. The van der Waals surface area contributed by atoms with Crippen molar-refractivity contribution in [3.63, 3.8) is 0 Å². The van der Waals surface area contributed by atoms with Crippen molar-refractivity contribution in [2.24, 2.45) is 13.0 Å². The molecule has 0 aliphatic rings. The van der Waals surface area contributed by atoms with Crippen LogP contribution in [0, 0.1) is 5.92 Å². The molecule has 4 rings (SSSR count). The molecule has 0 saturated heterocycles. The van der Waals surface area contributed by atoms with Crippen LogP contribution in [0.1, 0.15) is 44.5 Å². The Morgan fingerprint density at radius 2 is 1.89 bits per heavy atom. The van der Waals surface area contributed by atoms with Crippen LogP contribution in [-0.2, 0) is 26.6 Å². The Bertz CT molecular complexity index is 1460. The molecule has 3 aromatic heterocycles. The maximum absolute atomic E-state index is 12.9. The summed E-state index contributed by atoms with van der Waals surface area (Å²) in [6.45, 7) is 4.71. The number of hydrogen-bond donors (Lipinski definition) is 1. The normalized spacial score (nSPS) is 11.6. The van der Waals surface area contributed by atoms with E-state index in [1.165, 1.54) is 11.6 Å².